The van der Waals surface area contributed by atoms with Gasteiger partial charge in [0.05, 0.1) is 21.8 Å². The number of aliphatic hydroxyl groups excluding tert-OH is 1. The van der Waals surface area contributed by atoms with E-state index in [2.05, 4.69) is 36.3 Å². The summed E-state index contributed by atoms with van der Waals surface area (Å²) >= 11 is 12.9. The summed E-state index contributed by atoms with van der Waals surface area (Å²) in [6, 6.07) is 16.6. The van der Waals surface area contributed by atoms with Crippen LogP contribution in [0.3, 0.4) is 0 Å². The molecule has 8 nitrogen and oxygen atoms in total. The molecule has 3 rings (SSSR count). The SMILES string of the molecule is CN(C[C@H](O)CNC(C)(C)CCCc1ccccc1)S(=O)(=O)c1c(Cl)cc(-c2ncccc2CCC(=O)O)cc1Cl. The van der Waals surface area contributed by atoms with Gasteiger partial charge in [-0.1, -0.05) is 59.6 Å². The first-order chi connectivity index (χ1) is 19.3. The van der Waals surface area contributed by atoms with Gasteiger partial charge < -0.3 is 15.5 Å². The van der Waals surface area contributed by atoms with Gasteiger partial charge in [0, 0.05) is 43.9 Å². The van der Waals surface area contributed by atoms with E-state index in [9.17, 15) is 18.3 Å². The van der Waals surface area contributed by atoms with Crippen molar-refractivity contribution in [3.05, 3.63) is 82.0 Å². The maximum Gasteiger partial charge on any atom is 0.303 e. The highest BCUT2D eigenvalue weighted by Gasteiger charge is 2.29. The average molecular weight is 623 g/mol. The Morgan fingerprint density at radius 1 is 1.07 bits per heavy atom. The number of carbonyl (C=O) groups is 1. The van der Waals surface area contributed by atoms with Crippen LogP contribution < -0.4 is 5.32 Å². The Kier molecular flexibility index (Phi) is 11.7. The monoisotopic (exact) mass is 621 g/mol. The quantitative estimate of drug-likeness (QED) is 0.206. The van der Waals surface area contributed by atoms with Gasteiger partial charge in [-0.2, -0.15) is 4.31 Å². The summed E-state index contributed by atoms with van der Waals surface area (Å²) in [5.41, 5.74) is 2.65. The second kappa shape index (κ2) is 14.6. The number of sulfonamides is 1. The van der Waals surface area contributed by atoms with Gasteiger partial charge >= 0.3 is 5.97 Å². The zero-order valence-corrected chi connectivity index (χ0v) is 25.8. The van der Waals surface area contributed by atoms with Crippen LogP contribution in [0, 0.1) is 0 Å². The van der Waals surface area contributed by atoms with Crippen LogP contribution in [0.2, 0.25) is 10.0 Å². The number of β-amino-alcohol motifs (C(OH)–C–C–N with tert-alkyl or cyclic N) is 1. The second-order valence-corrected chi connectivity index (χ2v) is 13.5. The Morgan fingerprint density at radius 2 is 1.73 bits per heavy atom. The van der Waals surface area contributed by atoms with Crippen LogP contribution in [-0.4, -0.2) is 65.7 Å². The lowest BCUT2D eigenvalue weighted by molar-refractivity contribution is -0.136. The van der Waals surface area contributed by atoms with Crippen LogP contribution in [0.1, 0.15) is 44.2 Å². The number of aryl methyl sites for hydroxylation is 2. The number of aliphatic hydroxyl groups is 1. The molecule has 222 valence electrons. The Balaban J connectivity index is 1.65. The van der Waals surface area contributed by atoms with Gasteiger partial charge in [-0.3, -0.25) is 9.78 Å². The number of hydrogen-bond donors (Lipinski definition) is 3. The second-order valence-electron chi connectivity index (χ2n) is 10.7. The Bertz CT molecular complexity index is 1410. The van der Waals surface area contributed by atoms with Gasteiger partial charge in [0.1, 0.15) is 4.90 Å². The third kappa shape index (κ3) is 9.49. The number of aromatic nitrogens is 1. The van der Waals surface area contributed by atoms with Crippen molar-refractivity contribution in [3.8, 4) is 11.3 Å². The molecule has 0 saturated heterocycles. The molecule has 1 aromatic heterocycles. The van der Waals surface area contributed by atoms with Crippen molar-refractivity contribution < 1.29 is 23.4 Å². The number of aliphatic carboxylic acids is 1. The minimum atomic E-state index is -4.14. The first kappa shape index (κ1) is 33.0. The van der Waals surface area contributed by atoms with Gasteiger partial charge in [0.25, 0.3) is 0 Å². The lowest BCUT2D eigenvalue weighted by atomic mass is 9.95. The van der Waals surface area contributed by atoms with Gasteiger partial charge in [-0.15, -0.1) is 0 Å². The highest BCUT2D eigenvalue weighted by molar-refractivity contribution is 7.89. The number of benzene rings is 2. The van der Waals surface area contributed by atoms with Gasteiger partial charge in [-0.25, -0.2) is 8.42 Å². The minimum Gasteiger partial charge on any atom is -0.481 e. The van der Waals surface area contributed by atoms with E-state index in [-0.39, 0.29) is 46.4 Å². The number of carboxylic acids is 1. The molecule has 0 spiro atoms. The number of carboxylic acid groups (broad SMARTS) is 1. The Labute approximate surface area is 252 Å². The molecule has 11 heteroatoms. The van der Waals surface area contributed by atoms with E-state index in [0.29, 0.717) is 16.8 Å². The third-order valence-electron chi connectivity index (χ3n) is 6.83. The molecule has 0 amide bonds. The third-order valence-corrected chi connectivity index (χ3v) is 9.58. The lowest BCUT2D eigenvalue weighted by Gasteiger charge is -2.29. The first-order valence-electron chi connectivity index (χ1n) is 13.4. The predicted octanol–water partition coefficient (Wildman–Crippen LogP) is 5.45. The van der Waals surface area contributed by atoms with Gasteiger partial charge in [0.15, 0.2) is 0 Å². The van der Waals surface area contributed by atoms with E-state index >= 15 is 0 Å². The molecule has 0 aliphatic rings. The lowest BCUT2D eigenvalue weighted by Crippen LogP contribution is -2.46. The summed E-state index contributed by atoms with van der Waals surface area (Å²) in [4.78, 5) is 15.1. The molecule has 1 heterocycles. The number of rotatable bonds is 15. The summed E-state index contributed by atoms with van der Waals surface area (Å²) in [7, 11) is -2.77. The van der Waals surface area contributed by atoms with E-state index in [1.54, 1.807) is 18.3 Å². The topological polar surface area (TPSA) is 120 Å². The van der Waals surface area contributed by atoms with Crippen molar-refractivity contribution in [2.24, 2.45) is 0 Å². The van der Waals surface area contributed by atoms with E-state index < -0.39 is 22.1 Å². The van der Waals surface area contributed by atoms with E-state index in [1.165, 1.54) is 24.7 Å². The molecule has 0 saturated carbocycles. The summed E-state index contributed by atoms with van der Waals surface area (Å²) < 4.78 is 27.9. The zero-order chi connectivity index (χ0) is 30.2. The normalized spacial score (nSPS) is 13.0. The van der Waals surface area contributed by atoms with Crippen molar-refractivity contribution in [2.75, 3.05) is 20.1 Å². The minimum absolute atomic E-state index is 0.0839. The molecule has 0 unspecified atom stereocenters. The summed E-state index contributed by atoms with van der Waals surface area (Å²) in [6.45, 7) is 4.16. The maximum absolute atomic E-state index is 13.4. The molecule has 1 atom stereocenters. The number of hydrogen-bond acceptors (Lipinski definition) is 6. The predicted molar refractivity (Wildman–Crippen MR) is 163 cm³/mol. The molecule has 2 aromatic carbocycles. The van der Waals surface area contributed by atoms with Crippen molar-refractivity contribution in [1.29, 1.82) is 0 Å². The van der Waals surface area contributed by atoms with Crippen molar-refractivity contribution >= 4 is 39.2 Å². The molecule has 0 fully saturated rings. The molecule has 0 aliphatic heterocycles. The molecule has 0 bridgehead atoms. The molecule has 0 radical (unpaired) electrons. The highest BCUT2D eigenvalue weighted by atomic mass is 35.5. The molecule has 3 N–H and O–H groups in total. The molecule has 41 heavy (non-hydrogen) atoms. The Hall–Kier alpha value is -2.53. The number of nitrogens with one attached hydrogen (secondary N) is 1. The largest absolute Gasteiger partial charge is 0.481 e. The fourth-order valence-corrected chi connectivity index (χ4v) is 6.92. The van der Waals surface area contributed by atoms with Crippen molar-refractivity contribution in [2.45, 2.75) is 62.5 Å². The van der Waals surface area contributed by atoms with Crippen LogP contribution in [0.4, 0.5) is 0 Å². The fraction of sp³-hybridized carbons (Fsp3) is 0.400. The average Bonchev–Trinajstić information content (AvgIpc) is 2.91. The highest BCUT2D eigenvalue weighted by Crippen LogP contribution is 2.36. The van der Waals surface area contributed by atoms with Crippen LogP contribution in [-0.2, 0) is 27.7 Å². The number of pyridine rings is 1. The van der Waals surface area contributed by atoms with E-state index in [1.807, 2.05) is 18.2 Å². The van der Waals surface area contributed by atoms with E-state index in [4.69, 9.17) is 28.3 Å². The smallest absolute Gasteiger partial charge is 0.303 e. The van der Waals surface area contributed by atoms with Crippen LogP contribution in [0.15, 0.2) is 65.7 Å². The maximum atomic E-state index is 13.4. The summed E-state index contributed by atoms with van der Waals surface area (Å²) in [5, 5.41) is 22.9. The van der Waals surface area contributed by atoms with Crippen molar-refractivity contribution in [1.82, 2.24) is 14.6 Å². The number of nitrogens with zero attached hydrogens (tertiary/aromatic N) is 2. The molecule has 0 aliphatic carbocycles. The first-order valence-corrected chi connectivity index (χ1v) is 15.6. The van der Waals surface area contributed by atoms with Gasteiger partial charge in [0.2, 0.25) is 10.0 Å². The molecule has 3 aromatic rings. The van der Waals surface area contributed by atoms with Crippen LogP contribution >= 0.6 is 23.2 Å². The van der Waals surface area contributed by atoms with Gasteiger partial charge in [-0.05, 0) is 68.9 Å². The fourth-order valence-electron chi connectivity index (χ4n) is 4.56. The standard InChI is InChI=1S/C30H37Cl2N3O5S/c1-30(2,15-7-11-21-9-5-4-6-10-21)34-19-24(36)20-35(3)41(39,40)29-25(31)17-23(18-26(29)32)28-22(12-8-16-33-28)13-14-27(37)38/h4-6,8-10,12,16-18,24,34,36H,7,11,13-15,19-20H2,1-3H3,(H,37,38)/t24-/m1/s1. The number of halogens is 2. The Morgan fingerprint density at radius 3 is 2.37 bits per heavy atom. The summed E-state index contributed by atoms with van der Waals surface area (Å²) in [6.07, 6.45) is 3.56. The van der Waals surface area contributed by atoms with Crippen LogP contribution in [0.5, 0.6) is 0 Å². The van der Waals surface area contributed by atoms with E-state index in [0.717, 1.165) is 23.6 Å². The number of likely N-dealkylation sites (N-methyl/N-ethyl adjacent to an activating group) is 1. The van der Waals surface area contributed by atoms with Crippen molar-refractivity contribution in [3.63, 3.8) is 0 Å². The summed E-state index contributed by atoms with van der Waals surface area (Å²) in [5.74, 6) is -0.940. The zero-order valence-electron chi connectivity index (χ0n) is 23.5. The molecular formula is C30H37Cl2N3O5S. The molecular weight excluding hydrogens is 585 g/mol. The van der Waals surface area contributed by atoms with Crippen LogP contribution in [0.25, 0.3) is 11.3 Å².